The molecule has 1 N–H and O–H groups in total. The third kappa shape index (κ3) is 2.85. The molecule has 1 aliphatic heterocycles. The topological polar surface area (TPSA) is 15.3 Å². The molecule has 1 saturated carbocycles. The van der Waals surface area contributed by atoms with Gasteiger partial charge in [-0.3, -0.25) is 4.90 Å². The Hall–Kier alpha value is -0.860. The summed E-state index contributed by atoms with van der Waals surface area (Å²) in [6.45, 7) is 7.00. The quantitative estimate of drug-likeness (QED) is 0.876. The van der Waals surface area contributed by atoms with Gasteiger partial charge in [-0.25, -0.2) is 0 Å². The summed E-state index contributed by atoms with van der Waals surface area (Å²) in [7, 11) is 0. The van der Waals surface area contributed by atoms with Crippen LogP contribution in [0.5, 0.6) is 0 Å². The molecule has 2 fully saturated rings. The van der Waals surface area contributed by atoms with E-state index in [4.69, 9.17) is 0 Å². The Labute approximate surface area is 117 Å². The molecule has 1 heterocycles. The number of hydrogen-bond donors (Lipinski definition) is 1. The Kier molecular flexibility index (Phi) is 3.90. The zero-order valence-corrected chi connectivity index (χ0v) is 12.2. The van der Waals surface area contributed by atoms with Crippen LogP contribution in [-0.2, 0) is 0 Å². The third-order valence-electron chi connectivity index (χ3n) is 4.87. The van der Waals surface area contributed by atoms with Gasteiger partial charge in [0, 0.05) is 31.2 Å². The Bertz CT molecular complexity index is 403. The maximum Gasteiger partial charge on any atom is 0.0476 e. The standard InChI is InChI=1S/C17H26N2/c1-13-8-9-16(10-13)19-12-14(2)18-11-17(19)15-6-4-3-5-7-15/h3-7,13-14,16-18H,8-12H2,1-2H3. The van der Waals surface area contributed by atoms with Crippen LogP contribution in [0.3, 0.4) is 0 Å². The summed E-state index contributed by atoms with van der Waals surface area (Å²) in [5, 5.41) is 3.65. The molecule has 0 aromatic heterocycles. The third-order valence-corrected chi connectivity index (χ3v) is 4.87. The average molecular weight is 258 g/mol. The smallest absolute Gasteiger partial charge is 0.0476 e. The molecule has 2 nitrogen and oxygen atoms in total. The van der Waals surface area contributed by atoms with E-state index in [1.54, 1.807) is 0 Å². The molecule has 104 valence electrons. The zero-order valence-electron chi connectivity index (χ0n) is 12.2. The van der Waals surface area contributed by atoms with E-state index in [1.165, 1.54) is 31.4 Å². The molecule has 4 atom stereocenters. The van der Waals surface area contributed by atoms with E-state index >= 15 is 0 Å². The Morgan fingerprint density at radius 2 is 1.89 bits per heavy atom. The van der Waals surface area contributed by atoms with Gasteiger partial charge in [0.25, 0.3) is 0 Å². The van der Waals surface area contributed by atoms with Crippen molar-refractivity contribution in [2.75, 3.05) is 13.1 Å². The van der Waals surface area contributed by atoms with E-state index in [1.807, 2.05) is 0 Å². The van der Waals surface area contributed by atoms with Crippen LogP contribution in [0.15, 0.2) is 30.3 Å². The van der Waals surface area contributed by atoms with Crippen molar-refractivity contribution in [2.24, 2.45) is 5.92 Å². The van der Waals surface area contributed by atoms with Crippen molar-refractivity contribution in [3.63, 3.8) is 0 Å². The first-order valence-corrected chi connectivity index (χ1v) is 7.78. The van der Waals surface area contributed by atoms with Crippen LogP contribution in [0.1, 0.15) is 44.7 Å². The molecule has 4 unspecified atom stereocenters. The molecule has 1 aliphatic carbocycles. The van der Waals surface area contributed by atoms with Crippen molar-refractivity contribution in [2.45, 2.75) is 51.2 Å². The first-order chi connectivity index (χ1) is 9.24. The summed E-state index contributed by atoms with van der Waals surface area (Å²) in [6.07, 6.45) is 4.18. The van der Waals surface area contributed by atoms with Gasteiger partial charge < -0.3 is 5.32 Å². The van der Waals surface area contributed by atoms with Crippen LogP contribution < -0.4 is 5.32 Å². The normalized spacial score (nSPS) is 36.5. The lowest BCUT2D eigenvalue weighted by atomic mass is 9.98. The molecule has 0 spiro atoms. The largest absolute Gasteiger partial charge is 0.311 e. The van der Waals surface area contributed by atoms with Crippen LogP contribution in [0.2, 0.25) is 0 Å². The van der Waals surface area contributed by atoms with Crippen molar-refractivity contribution in [3.05, 3.63) is 35.9 Å². The number of nitrogens with one attached hydrogen (secondary N) is 1. The fourth-order valence-corrected chi connectivity index (χ4v) is 3.80. The van der Waals surface area contributed by atoms with Crippen molar-refractivity contribution in [1.82, 2.24) is 10.2 Å². The maximum absolute atomic E-state index is 3.65. The van der Waals surface area contributed by atoms with Crippen LogP contribution in [-0.4, -0.2) is 30.1 Å². The molecule has 2 heteroatoms. The predicted molar refractivity (Wildman–Crippen MR) is 80.2 cm³/mol. The molecule has 0 amide bonds. The SMILES string of the molecule is CC1CCC(N2CC(C)NCC2c2ccccc2)C1. The minimum atomic E-state index is 0.563. The van der Waals surface area contributed by atoms with E-state index in [2.05, 4.69) is 54.4 Å². The molecular formula is C17H26N2. The fraction of sp³-hybridized carbons (Fsp3) is 0.647. The minimum absolute atomic E-state index is 0.563. The van der Waals surface area contributed by atoms with Crippen LogP contribution in [0.25, 0.3) is 0 Å². The number of rotatable bonds is 2. The van der Waals surface area contributed by atoms with Gasteiger partial charge in [-0.2, -0.15) is 0 Å². The van der Waals surface area contributed by atoms with Gasteiger partial charge in [0.05, 0.1) is 0 Å². The van der Waals surface area contributed by atoms with E-state index in [9.17, 15) is 0 Å². The summed E-state index contributed by atoms with van der Waals surface area (Å²) in [5.41, 5.74) is 1.47. The molecule has 19 heavy (non-hydrogen) atoms. The highest BCUT2D eigenvalue weighted by Crippen LogP contribution is 2.35. The summed E-state index contributed by atoms with van der Waals surface area (Å²) in [6, 6.07) is 13.0. The average Bonchev–Trinajstić information content (AvgIpc) is 2.86. The van der Waals surface area contributed by atoms with Gasteiger partial charge in [-0.1, -0.05) is 37.3 Å². The van der Waals surface area contributed by atoms with Crippen molar-refractivity contribution < 1.29 is 0 Å². The predicted octanol–water partition coefficient (Wildman–Crippen LogP) is 3.21. The highest BCUT2D eigenvalue weighted by molar-refractivity contribution is 5.20. The van der Waals surface area contributed by atoms with E-state index in [-0.39, 0.29) is 0 Å². The summed E-state index contributed by atoms with van der Waals surface area (Å²) < 4.78 is 0. The number of benzene rings is 1. The van der Waals surface area contributed by atoms with Gasteiger partial charge in [0.1, 0.15) is 0 Å². The summed E-state index contributed by atoms with van der Waals surface area (Å²) in [4.78, 5) is 2.78. The lowest BCUT2D eigenvalue weighted by Gasteiger charge is -2.43. The van der Waals surface area contributed by atoms with E-state index in [0.29, 0.717) is 12.1 Å². The van der Waals surface area contributed by atoms with Gasteiger partial charge >= 0.3 is 0 Å². The maximum atomic E-state index is 3.65. The van der Waals surface area contributed by atoms with Gasteiger partial charge in [-0.15, -0.1) is 0 Å². The Morgan fingerprint density at radius 3 is 2.58 bits per heavy atom. The molecule has 2 aliphatic rings. The second-order valence-electron chi connectivity index (χ2n) is 6.50. The lowest BCUT2D eigenvalue weighted by Crippen LogP contribution is -2.54. The van der Waals surface area contributed by atoms with Gasteiger partial charge in [0.15, 0.2) is 0 Å². The van der Waals surface area contributed by atoms with E-state index in [0.717, 1.165) is 18.5 Å². The Morgan fingerprint density at radius 1 is 1.11 bits per heavy atom. The first kappa shape index (κ1) is 13.1. The van der Waals surface area contributed by atoms with E-state index < -0.39 is 0 Å². The molecule has 1 aromatic carbocycles. The highest BCUT2D eigenvalue weighted by atomic mass is 15.3. The minimum Gasteiger partial charge on any atom is -0.311 e. The monoisotopic (exact) mass is 258 g/mol. The Balaban J connectivity index is 1.80. The molecule has 0 bridgehead atoms. The number of hydrogen-bond acceptors (Lipinski definition) is 2. The second kappa shape index (κ2) is 5.64. The van der Waals surface area contributed by atoms with Crippen LogP contribution in [0, 0.1) is 5.92 Å². The molecular weight excluding hydrogens is 232 g/mol. The molecule has 0 radical (unpaired) electrons. The van der Waals surface area contributed by atoms with Gasteiger partial charge in [0.2, 0.25) is 0 Å². The van der Waals surface area contributed by atoms with Crippen molar-refractivity contribution in [1.29, 1.82) is 0 Å². The second-order valence-corrected chi connectivity index (χ2v) is 6.50. The van der Waals surface area contributed by atoms with Gasteiger partial charge in [-0.05, 0) is 37.7 Å². The first-order valence-electron chi connectivity index (χ1n) is 7.78. The van der Waals surface area contributed by atoms with Crippen molar-refractivity contribution >= 4 is 0 Å². The van der Waals surface area contributed by atoms with Crippen LogP contribution >= 0.6 is 0 Å². The molecule has 1 aromatic rings. The fourth-order valence-electron chi connectivity index (χ4n) is 3.80. The summed E-state index contributed by atoms with van der Waals surface area (Å²) >= 11 is 0. The van der Waals surface area contributed by atoms with Crippen LogP contribution in [0.4, 0.5) is 0 Å². The number of piperazine rings is 1. The number of nitrogens with zero attached hydrogens (tertiary/aromatic N) is 1. The molecule has 1 saturated heterocycles. The molecule has 3 rings (SSSR count). The zero-order chi connectivity index (χ0) is 13.2. The lowest BCUT2D eigenvalue weighted by molar-refractivity contribution is 0.0857. The van der Waals surface area contributed by atoms with Crippen molar-refractivity contribution in [3.8, 4) is 0 Å². The highest BCUT2D eigenvalue weighted by Gasteiger charge is 2.35. The summed E-state index contributed by atoms with van der Waals surface area (Å²) in [5.74, 6) is 0.909.